The highest BCUT2D eigenvalue weighted by Crippen LogP contribution is 2.21. The molecule has 23 heavy (non-hydrogen) atoms. The fourth-order valence-electron chi connectivity index (χ4n) is 2.94. The molecule has 1 aromatic rings. The number of ether oxygens (including phenoxy) is 2. The quantitative estimate of drug-likeness (QED) is 0.837. The van der Waals surface area contributed by atoms with Crippen molar-refractivity contribution in [3.63, 3.8) is 0 Å². The average Bonchev–Trinajstić information content (AvgIpc) is 2.60. The van der Waals surface area contributed by atoms with Crippen molar-refractivity contribution in [3.8, 4) is 5.75 Å². The van der Waals surface area contributed by atoms with Gasteiger partial charge in [-0.25, -0.2) is 0 Å². The molecule has 1 unspecified atom stereocenters. The summed E-state index contributed by atoms with van der Waals surface area (Å²) in [6.07, 6.45) is 3.60. The molecule has 0 bridgehead atoms. The van der Waals surface area contributed by atoms with Gasteiger partial charge in [0.2, 0.25) is 5.91 Å². The lowest BCUT2D eigenvalue weighted by molar-refractivity contribution is -0.135. The van der Waals surface area contributed by atoms with E-state index in [0.717, 1.165) is 50.1 Å². The van der Waals surface area contributed by atoms with Crippen LogP contribution in [0, 0.1) is 0 Å². The Labute approximate surface area is 138 Å². The summed E-state index contributed by atoms with van der Waals surface area (Å²) in [5.74, 6) is 0.931. The summed E-state index contributed by atoms with van der Waals surface area (Å²) in [6.45, 7) is 4.04. The predicted octanol–water partition coefficient (Wildman–Crippen LogP) is 2.33. The number of rotatable bonds is 7. The van der Waals surface area contributed by atoms with Gasteiger partial charge in [-0.05, 0) is 25.3 Å². The molecule has 1 aliphatic rings. The minimum Gasteiger partial charge on any atom is -0.496 e. The van der Waals surface area contributed by atoms with Crippen molar-refractivity contribution in [3.05, 3.63) is 29.8 Å². The van der Waals surface area contributed by atoms with Crippen molar-refractivity contribution < 1.29 is 14.3 Å². The molecular weight excluding hydrogens is 292 g/mol. The van der Waals surface area contributed by atoms with Crippen molar-refractivity contribution >= 4 is 5.91 Å². The lowest BCUT2D eigenvalue weighted by Crippen LogP contribution is -2.48. The zero-order valence-electron chi connectivity index (χ0n) is 14.2. The Morgan fingerprint density at radius 2 is 2.04 bits per heavy atom. The molecule has 1 fully saturated rings. The van der Waals surface area contributed by atoms with Gasteiger partial charge in [0.25, 0.3) is 0 Å². The summed E-state index contributed by atoms with van der Waals surface area (Å²) >= 11 is 0. The van der Waals surface area contributed by atoms with Crippen LogP contribution in [-0.4, -0.2) is 43.2 Å². The number of methoxy groups -OCH3 is 1. The van der Waals surface area contributed by atoms with E-state index in [1.165, 1.54) is 0 Å². The minimum atomic E-state index is -0.356. The van der Waals surface area contributed by atoms with E-state index in [4.69, 9.17) is 15.2 Å². The first-order valence-corrected chi connectivity index (χ1v) is 8.43. The highest BCUT2D eigenvalue weighted by Gasteiger charge is 2.26. The van der Waals surface area contributed by atoms with Gasteiger partial charge in [0.05, 0.1) is 25.9 Å². The van der Waals surface area contributed by atoms with Crippen molar-refractivity contribution in [2.45, 2.75) is 51.4 Å². The molecule has 1 aliphatic heterocycles. The van der Waals surface area contributed by atoms with Crippen molar-refractivity contribution in [1.29, 1.82) is 0 Å². The lowest BCUT2D eigenvalue weighted by atomic mass is 10.1. The van der Waals surface area contributed by atoms with E-state index in [2.05, 4.69) is 0 Å². The molecular formula is C18H28N2O3. The highest BCUT2D eigenvalue weighted by molar-refractivity contribution is 5.81. The summed E-state index contributed by atoms with van der Waals surface area (Å²) in [6, 6.07) is 7.53. The molecule has 0 spiro atoms. The van der Waals surface area contributed by atoms with Gasteiger partial charge in [-0.3, -0.25) is 4.79 Å². The normalized spacial score (nSPS) is 17.1. The van der Waals surface area contributed by atoms with Gasteiger partial charge in [0, 0.05) is 18.7 Å². The first kappa shape index (κ1) is 17.8. The Bertz CT molecular complexity index is 499. The van der Waals surface area contributed by atoms with Crippen molar-refractivity contribution in [2.24, 2.45) is 5.73 Å². The van der Waals surface area contributed by atoms with E-state index in [9.17, 15) is 4.79 Å². The van der Waals surface area contributed by atoms with E-state index in [-0.39, 0.29) is 18.1 Å². The second-order valence-corrected chi connectivity index (χ2v) is 6.04. The molecule has 2 rings (SSSR count). The number of amides is 1. The van der Waals surface area contributed by atoms with Gasteiger partial charge in [-0.2, -0.15) is 0 Å². The third-order valence-corrected chi connectivity index (χ3v) is 4.34. The first-order valence-electron chi connectivity index (χ1n) is 8.43. The Hall–Kier alpha value is -1.59. The molecule has 0 radical (unpaired) electrons. The number of benzene rings is 1. The molecule has 1 aromatic carbocycles. The molecule has 5 heteroatoms. The average molecular weight is 320 g/mol. The maximum atomic E-state index is 12.2. The molecule has 5 nitrogen and oxygen atoms in total. The number of carbonyl (C=O) groups is 1. The van der Waals surface area contributed by atoms with E-state index < -0.39 is 0 Å². The smallest absolute Gasteiger partial charge is 0.239 e. The summed E-state index contributed by atoms with van der Waals surface area (Å²) in [5, 5.41) is 0. The van der Waals surface area contributed by atoms with Crippen LogP contribution in [0.5, 0.6) is 5.75 Å². The van der Waals surface area contributed by atoms with E-state index in [1.807, 2.05) is 36.1 Å². The third-order valence-electron chi connectivity index (χ3n) is 4.34. The van der Waals surface area contributed by atoms with Crippen LogP contribution in [-0.2, 0) is 16.1 Å². The predicted molar refractivity (Wildman–Crippen MR) is 90.3 cm³/mol. The number of carbonyl (C=O) groups excluding carboxylic acids is 1. The molecule has 1 heterocycles. The molecule has 128 valence electrons. The molecule has 0 saturated carbocycles. The van der Waals surface area contributed by atoms with Crippen molar-refractivity contribution in [2.75, 3.05) is 20.2 Å². The van der Waals surface area contributed by atoms with Gasteiger partial charge in [-0.1, -0.05) is 31.5 Å². The SMILES string of the molecule is CCCC(N)C(=O)N1CCC(OCc2ccccc2OC)CC1. The third kappa shape index (κ3) is 4.94. The monoisotopic (exact) mass is 320 g/mol. The standard InChI is InChI=1S/C18H28N2O3/c1-3-6-16(19)18(21)20-11-9-15(10-12-20)23-13-14-7-4-5-8-17(14)22-2/h4-5,7-8,15-16H,3,6,9-13,19H2,1-2H3. The minimum absolute atomic E-state index is 0.0787. The highest BCUT2D eigenvalue weighted by atomic mass is 16.5. The van der Waals surface area contributed by atoms with E-state index >= 15 is 0 Å². The Balaban J connectivity index is 1.77. The Kier molecular flexibility index (Phi) is 6.86. The van der Waals surface area contributed by atoms with Gasteiger partial charge in [0.15, 0.2) is 0 Å². The topological polar surface area (TPSA) is 64.8 Å². The van der Waals surface area contributed by atoms with Crippen molar-refractivity contribution in [1.82, 2.24) is 4.90 Å². The maximum absolute atomic E-state index is 12.2. The Morgan fingerprint density at radius 3 is 2.70 bits per heavy atom. The summed E-state index contributed by atoms with van der Waals surface area (Å²) < 4.78 is 11.3. The summed E-state index contributed by atoms with van der Waals surface area (Å²) in [5.41, 5.74) is 6.98. The van der Waals surface area contributed by atoms with Crippen LogP contribution in [0.15, 0.2) is 24.3 Å². The van der Waals surface area contributed by atoms with Gasteiger partial charge in [0.1, 0.15) is 5.75 Å². The van der Waals surface area contributed by atoms with Crippen LogP contribution in [0.2, 0.25) is 0 Å². The zero-order valence-corrected chi connectivity index (χ0v) is 14.2. The van der Waals surface area contributed by atoms with Crippen LogP contribution in [0.1, 0.15) is 38.2 Å². The summed E-state index contributed by atoms with van der Waals surface area (Å²) in [4.78, 5) is 14.1. The van der Waals surface area contributed by atoms with Crippen LogP contribution >= 0.6 is 0 Å². The second-order valence-electron chi connectivity index (χ2n) is 6.04. The first-order chi connectivity index (χ1) is 11.2. The number of hydrogen-bond acceptors (Lipinski definition) is 4. The lowest BCUT2D eigenvalue weighted by Gasteiger charge is -2.33. The largest absolute Gasteiger partial charge is 0.496 e. The maximum Gasteiger partial charge on any atom is 0.239 e. The van der Waals surface area contributed by atoms with Crippen LogP contribution in [0.4, 0.5) is 0 Å². The molecule has 0 aliphatic carbocycles. The molecule has 1 atom stereocenters. The van der Waals surface area contributed by atoms with Crippen LogP contribution in [0.25, 0.3) is 0 Å². The fraction of sp³-hybridized carbons (Fsp3) is 0.611. The Morgan fingerprint density at radius 1 is 1.35 bits per heavy atom. The molecule has 0 aromatic heterocycles. The number of nitrogens with zero attached hydrogens (tertiary/aromatic N) is 1. The molecule has 1 saturated heterocycles. The van der Waals surface area contributed by atoms with E-state index in [1.54, 1.807) is 7.11 Å². The van der Waals surface area contributed by atoms with Gasteiger partial charge in [-0.15, -0.1) is 0 Å². The van der Waals surface area contributed by atoms with Crippen LogP contribution < -0.4 is 10.5 Å². The van der Waals surface area contributed by atoms with Crippen LogP contribution in [0.3, 0.4) is 0 Å². The van der Waals surface area contributed by atoms with Gasteiger partial charge >= 0.3 is 0 Å². The number of hydrogen-bond donors (Lipinski definition) is 1. The number of piperidine rings is 1. The van der Waals surface area contributed by atoms with E-state index in [0.29, 0.717) is 6.61 Å². The zero-order chi connectivity index (χ0) is 16.7. The van der Waals surface area contributed by atoms with Gasteiger partial charge < -0.3 is 20.1 Å². The molecule has 2 N–H and O–H groups in total. The fourth-order valence-corrected chi connectivity index (χ4v) is 2.94. The second kappa shape index (κ2) is 8.89. The number of para-hydroxylation sites is 1. The molecule has 1 amide bonds. The number of nitrogens with two attached hydrogens (primary N) is 1. The summed E-state index contributed by atoms with van der Waals surface area (Å²) in [7, 11) is 1.67. The number of likely N-dealkylation sites (tertiary alicyclic amines) is 1.